The molecule has 53 heavy (non-hydrogen) atoms. The van der Waals surface area contributed by atoms with Gasteiger partial charge < -0.3 is 24.4 Å². The highest BCUT2D eigenvalue weighted by Gasteiger charge is 2.45. The number of sulfonamides is 1. The number of likely N-dealkylation sites (N-methyl/N-ethyl adjacent to an activating group) is 1. The quantitative estimate of drug-likeness (QED) is 0.235. The first-order valence-electron chi connectivity index (χ1n) is 17.4. The molecule has 1 N–H and O–H groups in total. The number of benzene rings is 3. The van der Waals surface area contributed by atoms with Gasteiger partial charge in [-0.25, -0.2) is 13.2 Å². The topological polar surface area (TPSA) is 133 Å². The zero-order chi connectivity index (χ0) is 38.1. The summed E-state index contributed by atoms with van der Waals surface area (Å²) in [6.45, 7) is 4.63. The van der Waals surface area contributed by atoms with Crippen molar-refractivity contribution in [1.29, 1.82) is 0 Å². The number of carbonyl (C=O) groups excluding carboxylic acids is 2. The SMILES string of the molecule is CCOc1ccc(S(=O)(=O)N(CCOC)CCOC)cc1C1=NC(c2ccc(Cl)cc2)C(c2ccc(Cl)cc2)N1C(=O)N1CCN(CC(=O)NC)CC1. The molecule has 3 aromatic carbocycles. The molecule has 2 atom stereocenters. The van der Waals surface area contributed by atoms with Crippen molar-refractivity contribution in [3.05, 3.63) is 93.5 Å². The second-order valence-electron chi connectivity index (χ2n) is 12.5. The van der Waals surface area contributed by atoms with Crippen LogP contribution in [0.3, 0.4) is 0 Å². The third-order valence-electron chi connectivity index (χ3n) is 9.20. The Bertz CT molecular complexity index is 1850. The summed E-state index contributed by atoms with van der Waals surface area (Å²) >= 11 is 12.6. The van der Waals surface area contributed by atoms with Crippen molar-refractivity contribution in [3.8, 4) is 5.75 Å². The Balaban J connectivity index is 1.67. The molecular formula is C37H46Cl2N6O7S. The van der Waals surface area contributed by atoms with Crippen LogP contribution in [0.5, 0.6) is 5.75 Å². The first kappa shape index (κ1) is 40.4. The van der Waals surface area contributed by atoms with Gasteiger partial charge in [0.2, 0.25) is 15.9 Å². The number of methoxy groups -OCH3 is 2. The molecule has 13 nitrogen and oxygen atoms in total. The number of amides is 3. The summed E-state index contributed by atoms with van der Waals surface area (Å²) in [4.78, 5) is 37.7. The van der Waals surface area contributed by atoms with Gasteiger partial charge in [-0.1, -0.05) is 47.5 Å². The van der Waals surface area contributed by atoms with Crippen LogP contribution in [-0.2, 0) is 24.3 Å². The Morgan fingerprint density at radius 3 is 2.02 bits per heavy atom. The molecule has 1 saturated heterocycles. The smallest absolute Gasteiger partial charge is 0.326 e. The van der Waals surface area contributed by atoms with E-state index in [0.29, 0.717) is 47.5 Å². The molecule has 0 saturated carbocycles. The summed E-state index contributed by atoms with van der Waals surface area (Å²) in [5.41, 5.74) is 1.91. The van der Waals surface area contributed by atoms with Crippen molar-refractivity contribution in [2.75, 3.05) is 86.9 Å². The van der Waals surface area contributed by atoms with E-state index in [-0.39, 0.29) is 62.1 Å². The van der Waals surface area contributed by atoms with Crippen LogP contribution in [0.25, 0.3) is 0 Å². The van der Waals surface area contributed by atoms with E-state index in [1.165, 1.54) is 30.7 Å². The lowest BCUT2D eigenvalue weighted by atomic mass is 9.93. The molecule has 2 heterocycles. The van der Waals surface area contributed by atoms with Crippen LogP contribution in [0.15, 0.2) is 76.6 Å². The Hall–Kier alpha value is -3.76. The normalized spacial score (nSPS) is 18.0. The average molecular weight is 790 g/mol. The standard InChI is InChI=1S/C37H46Cl2N6O7S/c1-5-52-32-15-14-30(53(48,49)44(20-22-50-3)21-23-51-4)24-31(32)36-41-34(26-6-10-28(38)11-7-26)35(27-8-12-29(39)13-9-27)45(36)37(47)43-18-16-42(17-19-43)25-33(46)40-2/h6-15,24,34-35H,5,16-23,25H2,1-4H3,(H,40,46). The maximum Gasteiger partial charge on any atom is 0.326 e. The van der Waals surface area contributed by atoms with E-state index in [1.54, 1.807) is 47.2 Å². The molecule has 0 radical (unpaired) electrons. The second kappa shape index (κ2) is 18.5. The van der Waals surface area contributed by atoms with Gasteiger partial charge >= 0.3 is 6.03 Å². The summed E-state index contributed by atoms with van der Waals surface area (Å²) in [6, 6.07) is 17.6. The van der Waals surface area contributed by atoms with Crippen LogP contribution < -0.4 is 10.1 Å². The summed E-state index contributed by atoms with van der Waals surface area (Å²) in [5, 5.41) is 3.73. The molecule has 2 aliphatic rings. The molecule has 286 valence electrons. The first-order valence-corrected chi connectivity index (χ1v) is 19.6. The van der Waals surface area contributed by atoms with E-state index in [1.807, 2.05) is 36.1 Å². The fourth-order valence-electron chi connectivity index (χ4n) is 6.40. The van der Waals surface area contributed by atoms with Gasteiger partial charge in [0.25, 0.3) is 0 Å². The summed E-state index contributed by atoms with van der Waals surface area (Å²) < 4.78 is 46.2. The number of piperazine rings is 1. The highest BCUT2D eigenvalue weighted by molar-refractivity contribution is 7.89. The molecule has 0 spiro atoms. The summed E-state index contributed by atoms with van der Waals surface area (Å²) in [7, 11) is 0.549. The number of ether oxygens (including phenoxy) is 3. The average Bonchev–Trinajstić information content (AvgIpc) is 3.56. The molecule has 16 heteroatoms. The number of halogens is 2. The van der Waals surface area contributed by atoms with Crippen LogP contribution >= 0.6 is 23.2 Å². The fraction of sp³-hybridized carbons (Fsp3) is 0.432. The number of nitrogens with one attached hydrogen (secondary N) is 1. The third-order valence-corrected chi connectivity index (χ3v) is 11.6. The van der Waals surface area contributed by atoms with Crippen LogP contribution in [0.2, 0.25) is 10.0 Å². The summed E-state index contributed by atoms with van der Waals surface area (Å²) in [5.74, 6) is 0.516. The van der Waals surface area contributed by atoms with E-state index in [0.717, 1.165) is 11.1 Å². The van der Waals surface area contributed by atoms with Gasteiger partial charge in [-0.3, -0.25) is 19.6 Å². The van der Waals surface area contributed by atoms with E-state index >= 15 is 0 Å². The Morgan fingerprint density at radius 2 is 1.47 bits per heavy atom. The van der Waals surface area contributed by atoms with Crippen LogP contribution in [0.1, 0.15) is 35.7 Å². The molecule has 0 bridgehead atoms. The zero-order valence-electron chi connectivity index (χ0n) is 30.3. The van der Waals surface area contributed by atoms with E-state index in [9.17, 15) is 18.0 Å². The van der Waals surface area contributed by atoms with Crippen LogP contribution in [-0.4, -0.2) is 132 Å². The van der Waals surface area contributed by atoms with Gasteiger partial charge in [0, 0.05) is 70.6 Å². The lowest BCUT2D eigenvalue weighted by Crippen LogP contribution is -2.55. The van der Waals surface area contributed by atoms with Gasteiger partial charge in [0.05, 0.1) is 42.9 Å². The van der Waals surface area contributed by atoms with E-state index < -0.39 is 22.1 Å². The largest absolute Gasteiger partial charge is 0.493 e. The predicted octanol–water partition coefficient (Wildman–Crippen LogP) is 4.70. The number of rotatable bonds is 15. The molecule has 0 aliphatic carbocycles. The minimum Gasteiger partial charge on any atom is -0.493 e. The third kappa shape index (κ3) is 9.49. The highest BCUT2D eigenvalue weighted by atomic mass is 35.5. The van der Waals surface area contributed by atoms with Gasteiger partial charge in [-0.15, -0.1) is 0 Å². The van der Waals surface area contributed by atoms with Crippen LogP contribution in [0.4, 0.5) is 4.79 Å². The second-order valence-corrected chi connectivity index (χ2v) is 15.3. The van der Waals surface area contributed by atoms with Gasteiger partial charge in [0.15, 0.2) is 0 Å². The maximum absolute atomic E-state index is 15.0. The zero-order valence-corrected chi connectivity index (χ0v) is 32.7. The highest BCUT2D eigenvalue weighted by Crippen LogP contribution is 2.46. The van der Waals surface area contributed by atoms with Gasteiger partial charge in [-0.05, 0) is 60.5 Å². The fourth-order valence-corrected chi connectivity index (χ4v) is 8.09. The van der Waals surface area contributed by atoms with E-state index in [2.05, 4.69) is 5.32 Å². The maximum atomic E-state index is 15.0. The Labute approximate surface area is 321 Å². The van der Waals surface area contributed by atoms with Crippen molar-refractivity contribution in [2.45, 2.75) is 23.9 Å². The minimum atomic E-state index is -4.07. The lowest BCUT2D eigenvalue weighted by molar-refractivity contribution is -0.122. The number of urea groups is 1. The van der Waals surface area contributed by atoms with Gasteiger partial charge in [0.1, 0.15) is 17.6 Å². The molecule has 2 aliphatic heterocycles. The molecule has 5 rings (SSSR count). The Kier molecular flexibility index (Phi) is 14.1. The van der Waals surface area contributed by atoms with Crippen molar-refractivity contribution < 1.29 is 32.2 Å². The number of amidine groups is 1. The Morgan fingerprint density at radius 1 is 0.887 bits per heavy atom. The number of hydrogen-bond donors (Lipinski definition) is 1. The molecule has 3 amide bonds. The predicted molar refractivity (Wildman–Crippen MR) is 204 cm³/mol. The summed E-state index contributed by atoms with van der Waals surface area (Å²) in [6.07, 6.45) is 0. The first-order chi connectivity index (χ1) is 25.5. The van der Waals surface area contributed by atoms with Crippen molar-refractivity contribution in [2.24, 2.45) is 4.99 Å². The number of aliphatic imine (C=N–C) groups is 1. The number of carbonyl (C=O) groups is 2. The van der Waals surface area contributed by atoms with Crippen molar-refractivity contribution >= 4 is 51.0 Å². The number of hydrogen-bond acceptors (Lipinski definition) is 9. The molecule has 0 aromatic heterocycles. The molecule has 1 fully saturated rings. The van der Waals surface area contributed by atoms with Gasteiger partial charge in [-0.2, -0.15) is 4.31 Å². The lowest BCUT2D eigenvalue weighted by Gasteiger charge is -2.39. The van der Waals surface area contributed by atoms with Crippen molar-refractivity contribution in [1.82, 2.24) is 24.3 Å². The van der Waals surface area contributed by atoms with Crippen molar-refractivity contribution in [3.63, 3.8) is 0 Å². The molecule has 2 unspecified atom stereocenters. The number of nitrogens with zero attached hydrogens (tertiary/aromatic N) is 5. The molecule has 3 aromatic rings. The molecular weight excluding hydrogens is 743 g/mol. The van der Waals surface area contributed by atoms with E-state index in [4.69, 9.17) is 42.4 Å². The minimum absolute atomic E-state index is 0.000871. The monoisotopic (exact) mass is 788 g/mol. The van der Waals surface area contributed by atoms with Crippen LogP contribution in [0, 0.1) is 0 Å².